The van der Waals surface area contributed by atoms with Crippen LogP contribution in [-0.2, 0) is 14.3 Å². The van der Waals surface area contributed by atoms with Gasteiger partial charge in [0.1, 0.15) is 0 Å². The van der Waals surface area contributed by atoms with Crippen LogP contribution >= 0.6 is 11.3 Å². The van der Waals surface area contributed by atoms with Crippen LogP contribution in [0.2, 0.25) is 0 Å². The van der Waals surface area contributed by atoms with Gasteiger partial charge in [-0.1, -0.05) is 0 Å². The van der Waals surface area contributed by atoms with Gasteiger partial charge in [-0.2, -0.15) is 11.3 Å². The Bertz CT molecular complexity index is 445. The van der Waals surface area contributed by atoms with Crippen LogP contribution in [0.1, 0.15) is 30.1 Å². The van der Waals surface area contributed by atoms with Crippen molar-refractivity contribution in [1.29, 1.82) is 0 Å². The Morgan fingerprint density at radius 3 is 2.60 bits per heavy atom. The van der Waals surface area contributed by atoms with E-state index in [4.69, 9.17) is 4.74 Å². The number of hydrogen-bond donors (Lipinski definition) is 2. The van der Waals surface area contributed by atoms with E-state index in [0.29, 0.717) is 12.2 Å². The minimum atomic E-state index is -0.335. The van der Waals surface area contributed by atoms with E-state index in [2.05, 4.69) is 10.6 Å². The average molecular weight is 298 g/mol. The lowest BCUT2D eigenvalue weighted by Gasteiger charge is -2.06. The topological polar surface area (TPSA) is 84.5 Å². The highest BCUT2D eigenvalue weighted by molar-refractivity contribution is 7.08. The summed E-state index contributed by atoms with van der Waals surface area (Å²) in [5, 5.41) is 8.80. The maximum Gasteiger partial charge on any atom is 0.307 e. The van der Waals surface area contributed by atoms with Crippen molar-refractivity contribution in [3.8, 4) is 0 Å². The van der Waals surface area contributed by atoms with Crippen LogP contribution in [-0.4, -0.2) is 37.5 Å². The van der Waals surface area contributed by atoms with Gasteiger partial charge >= 0.3 is 5.97 Å². The second-order valence-electron chi connectivity index (χ2n) is 3.92. The molecule has 1 rings (SSSR count). The Morgan fingerprint density at radius 1 is 1.20 bits per heavy atom. The molecule has 0 aliphatic rings. The van der Waals surface area contributed by atoms with Crippen LogP contribution in [0, 0.1) is 0 Å². The lowest BCUT2D eigenvalue weighted by molar-refractivity contribution is -0.143. The number of hydrogen-bond acceptors (Lipinski definition) is 5. The Morgan fingerprint density at radius 2 is 1.95 bits per heavy atom. The molecule has 2 N–H and O–H groups in total. The van der Waals surface area contributed by atoms with Crippen LogP contribution in [0.4, 0.5) is 0 Å². The molecule has 0 atom stereocenters. The number of esters is 1. The van der Waals surface area contributed by atoms with Gasteiger partial charge in [0.2, 0.25) is 5.91 Å². The second-order valence-corrected chi connectivity index (χ2v) is 4.70. The highest BCUT2D eigenvalue weighted by Crippen LogP contribution is 2.04. The molecule has 0 spiro atoms. The van der Waals surface area contributed by atoms with Gasteiger partial charge in [-0.15, -0.1) is 0 Å². The zero-order chi connectivity index (χ0) is 14.8. The highest BCUT2D eigenvalue weighted by atomic mass is 32.1. The predicted octanol–water partition coefficient (Wildman–Crippen LogP) is 0.937. The molecule has 0 bridgehead atoms. The average Bonchev–Trinajstić information content (AvgIpc) is 2.93. The first-order valence-corrected chi connectivity index (χ1v) is 7.30. The molecule has 20 heavy (non-hydrogen) atoms. The summed E-state index contributed by atoms with van der Waals surface area (Å²) in [6.07, 6.45) is 0.333. The third-order valence-corrected chi connectivity index (χ3v) is 3.06. The Labute approximate surface area is 121 Å². The van der Waals surface area contributed by atoms with Gasteiger partial charge < -0.3 is 15.4 Å². The molecule has 1 heterocycles. The molecule has 0 aliphatic carbocycles. The Balaban J connectivity index is 2.08. The number of ether oxygens (including phenoxy) is 1. The summed E-state index contributed by atoms with van der Waals surface area (Å²) in [5.74, 6) is -0.732. The fourth-order valence-corrected chi connectivity index (χ4v) is 2.05. The number of thiophene rings is 1. The summed E-state index contributed by atoms with van der Waals surface area (Å²) >= 11 is 1.44. The maximum atomic E-state index is 11.6. The SMILES string of the molecule is CCOC(=O)CCNC(=O)CCNC(=O)c1ccsc1. The van der Waals surface area contributed by atoms with Gasteiger partial charge in [0, 0.05) is 30.5 Å². The molecule has 0 saturated heterocycles. The van der Waals surface area contributed by atoms with Crippen molar-refractivity contribution in [2.45, 2.75) is 19.8 Å². The Hall–Kier alpha value is -1.89. The molecule has 110 valence electrons. The summed E-state index contributed by atoms with van der Waals surface area (Å²) in [5.41, 5.74) is 0.595. The molecule has 0 fully saturated rings. The summed E-state index contributed by atoms with van der Waals surface area (Å²) < 4.78 is 4.73. The van der Waals surface area contributed by atoms with E-state index < -0.39 is 0 Å². The number of amides is 2. The zero-order valence-corrected chi connectivity index (χ0v) is 12.1. The quantitative estimate of drug-likeness (QED) is 0.699. The molecular weight excluding hydrogens is 280 g/mol. The van der Waals surface area contributed by atoms with Crippen molar-refractivity contribution in [3.05, 3.63) is 22.4 Å². The number of carbonyl (C=O) groups excluding carboxylic acids is 3. The first kappa shape index (κ1) is 16.2. The second kappa shape index (κ2) is 9.08. The van der Waals surface area contributed by atoms with Crippen molar-refractivity contribution >= 4 is 29.1 Å². The summed E-state index contributed by atoms with van der Waals surface area (Å²) in [6.45, 7) is 2.57. The van der Waals surface area contributed by atoms with E-state index >= 15 is 0 Å². The molecule has 0 aliphatic heterocycles. The predicted molar refractivity (Wildman–Crippen MR) is 75.5 cm³/mol. The van der Waals surface area contributed by atoms with Crippen molar-refractivity contribution in [1.82, 2.24) is 10.6 Å². The van der Waals surface area contributed by atoms with Gasteiger partial charge in [-0.3, -0.25) is 14.4 Å². The van der Waals surface area contributed by atoms with Crippen molar-refractivity contribution in [2.24, 2.45) is 0 Å². The van der Waals surface area contributed by atoms with Crippen molar-refractivity contribution in [2.75, 3.05) is 19.7 Å². The smallest absolute Gasteiger partial charge is 0.307 e. The van der Waals surface area contributed by atoms with E-state index in [-0.39, 0.29) is 43.7 Å². The largest absolute Gasteiger partial charge is 0.466 e. The maximum absolute atomic E-state index is 11.6. The number of nitrogens with one attached hydrogen (secondary N) is 2. The summed E-state index contributed by atoms with van der Waals surface area (Å²) in [6, 6.07) is 1.72. The van der Waals surface area contributed by atoms with Gasteiger partial charge in [0.15, 0.2) is 0 Å². The third kappa shape index (κ3) is 6.33. The highest BCUT2D eigenvalue weighted by Gasteiger charge is 2.07. The van der Waals surface area contributed by atoms with Crippen LogP contribution in [0.15, 0.2) is 16.8 Å². The molecule has 7 heteroatoms. The summed E-state index contributed by atoms with van der Waals surface area (Å²) in [4.78, 5) is 34.0. The fourth-order valence-electron chi connectivity index (χ4n) is 1.41. The van der Waals surface area contributed by atoms with Crippen molar-refractivity contribution in [3.63, 3.8) is 0 Å². The molecule has 0 aromatic carbocycles. The third-order valence-electron chi connectivity index (χ3n) is 2.38. The molecule has 0 radical (unpaired) electrons. The summed E-state index contributed by atoms with van der Waals surface area (Å²) in [7, 11) is 0. The molecule has 0 saturated carbocycles. The van der Waals surface area contributed by atoms with Gasteiger partial charge in [0.05, 0.1) is 13.0 Å². The van der Waals surface area contributed by atoms with Gasteiger partial charge in [-0.25, -0.2) is 0 Å². The normalized spacial score (nSPS) is 9.85. The monoisotopic (exact) mass is 298 g/mol. The molecular formula is C13H18N2O4S. The number of carbonyl (C=O) groups is 3. The first-order valence-electron chi connectivity index (χ1n) is 6.36. The fraction of sp³-hybridized carbons (Fsp3) is 0.462. The zero-order valence-electron chi connectivity index (χ0n) is 11.3. The molecule has 0 unspecified atom stereocenters. The standard InChI is InChI=1S/C13H18N2O4S/c1-2-19-12(17)4-7-14-11(16)3-6-15-13(18)10-5-8-20-9-10/h5,8-9H,2-4,6-7H2,1H3,(H,14,16)(H,15,18). The molecule has 1 aromatic heterocycles. The van der Waals surface area contributed by atoms with E-state index in [1.54, 1.807) is 18.4 Å². The lowest BCUT2D eigenvalue weighted by atomic mass is 10.3. The molecule has 2 amide bonds. The van der Waals surface area contributed by atoms with Crippen LogP contribution in [0.3, 0.4) is 0 Å². The minimum absolute atomic E-state index is 0.154. The van der Waals surface area contributed by atoms with E-state index in [1.165, 1.54) is 11.3 Å². The van der Waals surface area contributed by atoms with Gasteiger partial charge in [-0.05, 0) is 18.4 Å². The van der Waals surface area contributed by atoms with Crippen LogP contribution < -0.4 is 10.6 Å². The van der Waals surface area contributed by atoms with Crippen LogP contribution in [0.25, 0.3) is 0 Å². The Kier molecular flexibility index (Phi) is 7.34. The van der Waals surface area contributed by atoms with Gasteiger partial charge in [0.25, 0.3) is 5.91 Å². The van der Waals surface area contributed by atoms with E-state index in [9.17, 15) is 14.4 Å². The van der Waals surface area contributed by atoms with E-state index in [0.717, 1.165) is 0 Å². The first-order chi connectivity index (χ1) is 9.63. The van der Waals surface area contributed by atoms with Crippen LogP contribution in [0.5, 0.6) is 0 Å². The minimum Gasteiger partial charge on any atom is -0.466 e. The molecule has 1 aromatic rings. The lowest BCUT2D eigenvalue weighted by Crippen LogP contribution is -2.31. The van der Waals surface area contributed by atoms with E-state index in [1.807, 2.05) is 5.38 Å². The number of rotatable bonds is 8. The van der Waals surface area contributed by atoms with Crippen molar-refractivity contribution < 1.29 is 19.1 Å². The molecule has 6 nitrogen and oxygen atoms in total.